The van der Waals surface area contributed by atoms with Crippen molar-refractivity contribution in [2.75, 3.05) is 0 Å². The van der Waals surface area contributed by atoms with Gasteiger partial charge in [0, 0.05) is 24.4 Å². The molecule has 5 nitrogen and oxygen atoms in total. The van der Waals surface area contributed by atoms with Gasteiger partial charge in [0.2, 0.25) is 0 Å². The van der Waals surface area contributed by atoms with Crippen LogP contribution >= 0.6 is 15.9 Å². The smallest absolute Gasteiger partial charge is 0.269 e. The van der Waals surface area contributed by atoms with Gasteiger partial charge in [0.1, 0.15) is 17.0 Å². The van der Waals surface area contributed by atoms with Gasteiger partial charge in [0.05, 0.1) is 4.47 Å². The molecule has 0 atom stereocenters. The Kier molecular flexibility index (Phi) is 4.09. The van der Waals surface area contributed by atoms with Crippen molar-refractivity contribution in [3.05, 3.63) is 34.4 Å². The molecule has 0 spiro atoms. The van der Waals surface area contributed by atoms with Crippen molar-refractivity contribution in [1.29, 1.82) is 0 Å². The largest absolute Gasteiger partial charge is 0.487 e. The summed E-state index contributed by atoms with van der Waals surface area (Å²) < 4.78 is 8.42. The van der Waals surface area contributed by atoms with E-state index in [4.69, 9.17) is 10.5 Å². The predicted octanol–water partition coefficient (Wildman–Crippen LogP) is 3.45. The summed E-state index contributed by atoms with van der Waals surface area (Å²) in [6.07, 6.45) is 1.82. The van der Waals surface area contributed by atoms with Crippen LogP contribution in [0.15, 0.2) is 28.9 Å². The van der Waals surface area contributed by atoms with Gasteiger partial charge in [-0.15, -0.1) is 0 Å². The zero-order chi connectivity index (χ0) is 15.8. The summed E-state index contributed by atoms with van der Waals surface area (Å²) in [5.41, 5.74) is 8.58. The van der Waals surface area contributed by atoms with Crippen LogP contribution in [0.1, 0.15) is 31.1 Å². The van der Waals surface area contributed by atoms with E-state index in [0.717, 1.165) is 4.47 Å². The van der Waals surface area contributed by atoms with Crippen LogP contribution in [0.2, 0.25) is 0 Å². The Labute approximate surface area is 132 Å². The SMILES string of the molecule is Cn1cc(Br)c(-c2cc(C([NH])=O)ccc2OC(C)(C)C)n1. The number of hydrogen-bond acceptors (Lipinski definition) is 3. The highest BCUT2D eigenvalue weighted by molar-refractivity contribution is 9.10. The van der Waals surface area contributed by atoms with Crippen molar-refractivity contribution in [3.63, 3.8) is 0 Å². The summed E-state index contributed by atoms with van der Waals surface area (Å²) in [4.78, 5) is 11.3. The lowest BCUT2D eigenvalue weighted by molar-refractivity contribution is 0.0992. The van der Waals surface area contributed by atoms with Gasteiger partial charge < -0.3 is 4.74 Å². The highest BCUT2D eigenvalue weighted by atomic mass is 79.9. The summed E-state index contributed by atoms with van der Waals surface area (Å²) in [5.74, 6) is -0.0995. The van der Waals surface area contributed by atoms with Crippen molar-refractivity contribution in [1.82, 2.24) is 15.5 Å². The lowest BCUT2D eigenvalue weighted by Crippen LogP contribution is -2.23. The summed E-state index contributed by atoms with van der Waals surface area (Å²) in [5, 5.41) is 4.39. The van der Waals surface area contributed by atoms with E-state index in [-0.39, 0.29) is 5.60 Å². The molecule has 1 heterocycles. The highest BCUT2D eigenvalue weighted by Crippen LogP contribution is 2.36. The van der Waals surface area contributed by atoms with Gasteiger partial charge in [0.25, 0.3) is 5.91 Å². The third-order valence-electron chi connectivity index (χ3n) is 2.70. The fraction of sp³-hybridized carbons (Fsp3) is 0.333. The van der Waals surface area contributed by atoms with E-state index >= 15 is 0 Å². The van der Waals surface area contributed by atoms with Crippen LogP contribution in [0.4, 0.5) is 0 Å². The minimum atomic E-state index is -0.731. The van der Waals surface area contributed by atoms with E-state index in [2.05, 4.69) is 21.0 Å². The van der Waals surface area contributed by atoms with Crippen molar-refractivity contribution < 1.29 is 9.53 Å². The molecule has 0 aliphatic rings. The molecule has 1 aromatic heterocycles. The molecule has 1 amide bonds. The fourth-order valence-corrected chi connectivity index (χ4v) is 2.51. The molecule has 0 saturated heterocycles. The number of nitrogens with one attached hydrogen (secondary N) is 1. The molecule has 1 N–H and O–H groups in total. The Balaban J connectivity index is 2.61. The maximum Gasteiger partial charge on any atom is 0.269 e. The highest BCUT2D eigenvalue weighted by Gasteiger charge is 2.20. The lowest BCUT2D eigenvalue weighted by Gasteiger charge is -2.23. The molecule has 1 radical (unpaired) electrons. The molecule has 0 bridgehead atoms. The van der Waals surface area contributed by atoms with Gasteiger partial charge in [0.15, 0.2) is 0 Å². The Hall–Kier alpha value is -1.82. The van der Waals surface area contributed by atoms with E-state index in [9.17, 15) is 4.79 Å². The van der Waals surface area contributed by atoms with E-state index in [1.807, 2.05) is 34.0 Å². The van der Waals surface area contributed by atoms with Crippen LogP contribution in [0.25, 0.3) is 11.3 Å². The summed E-state index contributed by atoms with van der Waals surface area (Å²) >= 11 is 3.46. The van der Waals surface area contributed by atoms with Gasteiger partial charge in [-0.25, -0.2) is 0 Å². The monoisotopic (exact) mass is 350 g/mol. The molecule has 2 aromatic rings. The number of amides is 1. The molecule has 6 heteroatoms. The molecular formula is C15H17BrN3O2. The predicted molar refractivity (Wildman–Crippen MR) is 84.2 cm³/mol. The summed E-state index contributed by atoms with van der Waals surface area (Å²) in [7, 11) is 1.82. The lowest BCUT2D eigenvalue weighted by atomic mass is 10.1. The molecular weight excluding hydrogens is 334 g/mol. The molecule has 1 aromatic carbocycles. The number of hydrogen-bond donors (Lipinski definition) is 0. The van der Waals surface area contributed by atoms with Crippen LogP contribution in [0, 0.1) is 0 Å². The van der Waals surface area contributed by atoms with E-state index in [1.54, 1.807) is 22.9 Å². The minimum Gasteiger partial charge on any atom is -0.487 e. The zero-order valence-electron chi connectivity index (χ0n) is 12.4. The normalized spacial score (nSPS) is 11.5. The van der Waals surface area contributed by atoms with Crippen LogP contribution in [0.3, 0.4) is 0 Å². The molecule has 111 valence electrons. The van der Waals surface area contributed by atoms with E-state index in [0.29, 0.717) is 22.6 Å². The Morgan fingerprint density at radius 3 is 2.52 bits per heavy atom. The number of carbonyl (C=O) groups excluding carboxylic acids is 1. The number of benzene rings is 1. The molecule has 0 fully saturated rings. The van der Waals surface area contributed by atoms with Crippen molar-refractivity contribution in [2.24, 2.45) is 7.05 Å². The number of nitrogens with zero attached hydrogens (tertiary/aromatic N) is 2. The standard InChI is InChI=1S/C15H17BrN3O2/c1-15(2,3)21-12-6-5-9(14(17)20)7-10(12)13-11(16)8-19(4)18-13/h5-8,17H,1-4H3. The van der Waals surface area contributed by atoms with Crippen LogP contribution in [0.5, 0.6) is 5.75 Å². The van der Waals surface area contributed by atoms with Gasteiger partial charge in [-0.1, -0.05) is 0 Å². The first kappa shape index (κ1) is 15.6. The zero-order valence-corrected chi connectivity index (χ0v) is 14.0. The molecule has 0 unspecified atom stereocenters. The van der Waals surface area contributed by atoms with Crippen LogP contribution in [-0.2, 0) is 7.05 Å². The number of aromatic nitrogens is 2. The van der Waals surface area contributed by atoms with Crippen LogP contribution < -0.4 is 10.5 Å². The molecule has 21 heavy (non-hydrogen) atoms. The molecule has 2 rings (SSSR count). The van der Waals surface area contributed by atoms with Gasteiger partial charge in [-0.3, -0.25) is 15.2 Å². The second-order valence-electron chi connectivity index (χ2n) is 5.75. The molecule has 0 aliphatic heterocycles. The van der Waals surface area contributed by atoms with Crippen LogP contribution in [-0.4, -0.2) is 21.3 Å². The third-order valence-corrected chi connectivity index (χ3v) is 3.28. The molecule has 0 aliphatic carbocycles. The number of rotatable bonds is 3. The van der Waals surface area contributed by atoms with Gasteiger partial charge >= 0.3 is 0 Å². The average Bonchev–Trinajstić information content (AvgIpc) is 2.66. The first-order valence-corrected chi connectivity index (χ1v) is 7.25. The third kappa shape index (κ3) is 3.64. The molecule has 0 saturated carbocycles. The van der Waals surface area contributed by atoms with Crippen molar-refractivity contribution >= 4 is 21.8 Å². The second kappa shape index (κ2) is 5.52. The average molecular weight is 351 g/mol. The summed E-state index contributed by atoms with van der Waals surface area (Å²) in [6.45, 7) is 5.86. The summed E-state index contributed by atoms with van der Waals surface area (Å²) in [6, 6.07) is 4.95. The van der Waals surface area contributed by atoms with Gasteiger partial charge in [-0.2, -0.15) is 5.10 Å². The number of ether oxygens (including phenoxy) is 1. The maximum atomic E-state index is 11.3. The topological polar surface area (TPSA) is 67.9 Å². The first-order chi connectivity index (χ1) is 9.67. The Morgan fingerprint density at radius 2 is 2.05 bits per heavy atom. The second-order valence-corrected chi connectivity index (χ2v) is 6.61. The van der Waals surface area contributed by atoms with E-state index in [1.165, 1.54) is 0 Å². The number of carbonyl (C=O) groups is 1. The quantitative estimate of drug-likeness (QED) is 0.851. The van der Waals surface area contributed by atoms with Gasteiger partial charge in [-0.05, 0) is 54.9 Å². The number of halogens is 1. The van der Waals surface area contributed by atoms with E-state index < -0.39 is 5.91 Å². The fourth-order valence-electron chi connectivity index (χ4n) is 1.92. The Morgan fingerprint density at radius 1 is 1.38 bits per heavy atom. The van der Waals surface area contributed by atoms with Crippen molar-refractivity contribution in [3.8, 4) is 17.0 Å². The van der Waals surface area contributed by atoms with Crippen molar-refractivity contribution in [2.45, 2.75) is 26.4 Å². The number of aryl methyl sites for hydroxylation is 1. The maximum absolute atomic E-state index is 11.3. The first-order valence-electron chi connectivity index (χ1n) is 6.46. The Bertz CT molecular complexity index is 687. The minimum absolute atomic E-state index is 0.309.